The summed E-state index contributed by atoms with van der Waals surface area (Å²) in [6, 6.07) is 25.3. The summed E-state index contributed by atoms with van der Waals surface area (Å²) in [6.07, 6.45) is 11.5. The van der Waals surface area contributed by atoms with E-state index >= 15 is 0 Å². The summed E-state index contributed by atoms with van der Waals surface area (Å²) in [6.45, 7) is 19.8. The summed E-state index contributed by atoms with van der Waals surface area (Å²) in [5.74, 6) is 0.0303. The third kappa shape index (κ3) is 21.7. The van der Waals surface area contributed by atoms with E-state index in [4.69, 9.17) is 42.1 Å². The van der Waals surface area contributed by atoms with Gasteiger partial charge in [0.15, 0.2) is 17.3 Å². The molecule has 24 nitrogen and oxygen atoms in total. The third-order valence-corrected chi connectivity index (χ3v) is 19.9. The molecule has 3 aromatic carbocycles. The average Bonchev–Trinajstić information content (AvgIpc) is 1.67. The fourth-order valence-corrected chi connectivity index (χ4v) is 14.5. The van der Waals surface area contributed by atoms with Crippen LogP contribution in [0.25, 0.3) is 28.1 Å². The lowest BCUT2D eigenvalue weighted by atomic mass is 9.90. The Morgan fingerprint density at radius 1 is 0.550 bits per heavy atom. The summed E-state index contributed by atoms with van der Waals surface area (Å²) in [4.78, 5) is 126. The molecule has 0 radical (unpaired) electrons. The van der Waals surface area contributed by atoms with E-state index in [-0.39, 0.29) is 53.3 Å². The Morgan fingerprint density at radius 2 is 0.982 bits per heavy atom. The maximum atomic E-state index is 13.6. The largest absolute Gasteiger partial charge is 0.511 e. The van der Waals surface area contributed by atoms with Crippen LogP contribution in [0.3, 0.4) is 0 Å². The van der Waals surface area contributed by atoms with E-state index in [1.54, 1.807) is 108 Å². The number of hydrogen-bond donors (Lipinski definition) is 3. The van der Waals surface area contributed by atoms with Crippen molar-refractivity contribution in [1.82, 2.24) is 50.5 Å². The number of pyridine rings is 3. The van der Waals surface area contributed by atoms with Gasteiger partial charge >= 0.3 is 16.8 Å². The Morgan fingerprint density at radius 3 is 1.40 bits per heavy atom. The number of benzene rings is 3. The van der Waals surface area contributed by atoms with Crippen LogP contribution in [0.1, 0.15) is 146 Å². The molecule has 8 aromatic rings. The Labute approximate surface area is 658 Å². The number of methoxy groups -OCH3 is 1. The van der Waals surface area contributed by atoms with Crippen LogP contribution < -0.4 is 16.0 Å². The van der Waals surface area contributed by atoms with Crippen LogP contribution in [0.5, 0.6) is 0 Å². The van der Waals surface area contributed by atoms with Gasteiger partial charge in [-0.25, -0.2) is 28.7 Å². The van der Waals surface area contributed by atoms with Crippen LogP contribution in [0.15, 0.2) is 150 Å². The Kier molecular flexibility index (Phi) is 29.6. The number of nitrogens with zero attached hydrogens (tertiary/aromatic N) is 7. The van der Waals surface area contributed by atoms with Gasteiger partial charge in [0, 0.05) is 111 Å². The van der Waals surface area contributed by atoms with E-state index < -0.39 is 29.0 Å². The SMILES string of the molecule is CCSC(=O)OC1=C(c2c(C)cc(-n3cc(Cl)cn3)cc2C)C(=O)C(CCNC(=O)c2ccccn2)C1.CCSC(=O)OC1=C(c2c(C)cc(-n3cc(Cl)cn3)cc2C)C(=O)CC1CCNC(=O)c1ccccn1.COC(=O)OC(C)OC1=C(c2c(C)cc(C)cc2C)C(=O)C(CCNC(=O)c2ccc(Br)cn2)C1. The number of ether oxygens (including phenoxy) is 5. The minimum atomic E-state index is -0.937. The predicted molar refractivity (Wildman–Crippen MR) is 421 cm³/mol. The van der Waals surface area contributed by atoms with Gasteiger partial charge in [-0.2, -0.15) is 10.2 Å². The number of aromatic nitrogens is 7. The van der Waals surface area contributed by atoms with Crippen LogP contribution in [0, 0.1) is 66.2 Å². The minimum absolute atomic E-state index is 0.0589. The lowest BCUT2D eigenvalue weighted by Crippen LogP contribution is -2.27. The maximum absolute atomic E-state index is 13.6. The molecule has 3 amide bonds. The molecule has 0 aliphatic heterocycles. The van der Waals surface area contributed by atoms with Gasteiger partial charge < -0.3 is 39.6 Å². The molecule has 0 saturated heterocycles. The second kappa shape index (κ2) is 38.8. The van der Waals surface area contributed by atoms with Gasteiger partial charge in [-0.3, -0.25) is 38.7 Å². The highest BCUT2D eigenvalue weighted by atomic mass is 79.9. The van der Waals surface area contributed by atoms with Gasteiger partial charge in [0.2, 0.25) is 6.29 Å². The van der Waals surface area contributed by atoms with Gasteiger partial charge in [0.1, 0.15) is 34.4 Å². The van der Waals surface area contributed by atoms with Crippen molar-refractivity contribution in [1.29, 1.82) is 0 Å². The summed E-state index contributed by atoms with van der Waals surface area (Å²) >= 11 is 17.5. The lowest BCUT2D eigenvalue weighted by molar-refractivity contribution is -0.117. The van der Waals surface area contributed by atoms with Crippen LogP contribution in [-0.2, 0) is 38.1 Å². The highest BCUT2D eigenvalue weighted by Gasteiger charge is 2.41. The van der Waals surface area contributed by atoms with Crippen LogP contribution >= 0.6 is 62.7 Å². The molecule has 5 heterocycles. The quantitative estimate of drug-likeness (QED) is 0.0287. The van der Waals surface area contributed by atoms with Crippen molar-refractivity contribution in [3.63, 3.8) is 0 Å². The van der Waals surface area contributed by atoms with Crippen LogP contribution in [0.4, 0.5) is 14.4 Å². The predicted octanol–water partition coefficient (Wildman–Crippen LogP) is 16.1. The molecule has 0 bridgehead atoms. The molecule has 11 rings (SSSR count). The molecule has 3 N–H and O–H groups in total. The molecule has 3 aliphatic carbocycles. The Hall–Kier alpha value is -10.1. The molecule has 29 heteroatoms. The third-order valence-electron chi connectivity index (χ3n) is 17.8. The van der Waals surface area contributed by atoms with Crippen molar-refractivity contribution in [2.75, 3.05) is 38.2 Å². The first-order valence-corrected chi connectivity index (χ1v) is 38.6. The molecule has 0 saturated carbocycles. The second-order valence-corrected chi connectivity index (χ2v) is 30.0. The smallest absolute Gasteiger partial charge is 0.458 e. The topological polar surface area (TPSA) is 310 Å². The van der Waals surface area contributed by atoms with E-state index in [0.29, 0.717) is 124 Å². The van der Waals surface area contributed by atoms with E-state index in [1.165, 1.54) is 7.11 Å². The van der Waals surface area contributed by atoms with Gasteiger partial charge in [-0.05, 0) is 218 Å². The minimum Gasteiger partial charge on any atom is -0.458 e. The zero-order chi connectivity index (χ0) is 78.8. The molecule has 0 spiro atoms. The molecule has 4 atom stereocenters. The monoisotopic (exact) mass is 1620 g/mol. The number of hydrogen-bond acceptors (Lipinski definition) is 21. The van der Waals surface area contributed by atoms with E-state index in [0.717, 1.165) is 95.0 Å². The van der Waals surface area contributed by atoms with Crippen molar-refractivity contribution < 1.29 is 66.8 Å². The zero-order valence-corrected chi connectivity index (χ0v) is 66.7. The van der Waals surface area contributed by atoms with Crippen molar-refractivity contribution in [2.45, 2.75) is 114 Å². The number of allylic oxidation sites excluding steroid dienone is 6. The Balaban J connectivity index is 0.000000188. The highest BCUT2D eigenvalue weighted by molar-refractivity contribution is 9.10. The molecule has 3 aliphatic rings. The van der Waals surface area contributed by atoms with Crippen molar-refractivity contribution in [2.24, 2.45) is 17.8 Å². The van der Waals surface area contributed by atoms with Crippen molar-refractivity contribution in [3.8, 4) is 11.4 Å². The number of thioether (sulfide) groups is 2. The Bertz CT molecular complexity index is 4790. The molecule has 4 unspecified atom stereocenters. The number of aryl methyl sites for hydroxylation is 7. The molecular formula is C80H83BrCl2N10O14S2. The summed E-state index contributed by atoms with van der Waals surface area (Å²) in [5.41, 5.74) is 12.6. The molecular weight excluding hydrogens is 1540 g/mol. The van der Waals surface area contributed by atoms with E-state index in [1.807, 2.05) is 98.7 Å². The first-order valence-electron chi connectivity index (χ1n) is 35.1. The zero-order valence-electron chi connectivity index (χ0n) is 62.0. The number of Topliss-reactive ketones (excluding diaryl/α,β-unsaturated/α-hetero) is 3. The van der Waals surface area contributed by atoms with E-state index in [2.05, 4.69) is 61.8 Å². The number of amides is 3. The van der Waals surface area contributed by atoms with Crippen molar-refractivity contribution in [3.05, 3.63) is 233 Å². The highest BCUT2D eigenvalue weighted by Crippen LogP contribution is 2.44. The molecule has 0 fully saturated rings. The van der Waals surface area contributed by atoms with Gasteiger partial charge in [-0.1, -0.05) is 66.9 Å². The number of ketones is 3. The maximum Gasteiger partial charge on any atom is 0.511 e. The van der Waals surface area contributed by atoms with Gasteiger partial charge in [0.05, 0.1) is 57.6 Å². The normalized spacial score (nSPS) is 15.5. The molecule has 570 valence electrons. The summed E-state index contributed by atoms with van der Waals surface area (Å²) in [5, 5.41) is 17.2. The number of rotatable bonds is 24. The second-order valence-electron chi connectivity index (χ2n) is 25.8. The average molecular weight is 1620 g/mol. The lowest BCUT2D eigenvalue weighted by Gasteiger charge is -2.18. The van der Waals surface area contributed by atoms with Crippen LogP contribution in [-0.4, -0.2) is 131 Å². The van der Waals surface area contributed by atoms with Gasteiger partial charge in [0.25, 0.3) is 17.7 Å². The van der Waals surface area contributed by atoms with Gasteiger partial charge in [-0.15, -0.1) is 0 Å². The number of nitrogens with one attached hydrogen (secondary N) is 3. The fraction of sp³-hybridized carbons (Fsp3) is 0.325. The fourth-order valence-electron chi connectivity index (χ4n) is 13.2. The number of halogens is 3. The number of carbonyl (C=O) groups is 9. The standard InChI is InChI=1S/2C27H27ClN4O4S.C26H29BrN2O6/c1-4-37-27(35)36-22-13-18(8-10-30-26(34)21-7-5-6-9-29-21)25(33)24(22)23-16(2)11-20(12-17(23)3)32-15-19(28)14-31-32;1-4-37-27(35)36-25-18(8-10-30-26(34)21-7-5-6-9-29-21)13-22(33)24(25)23-16(2)11-20(12-17(23)3)32-15-19(28)14-31-32;1-14-10-15(2)22(16(3)11-14)23-21(34-17(4)35-26(32)33-5)12-18(24(23)30)8-9-28-25(31)20-7-6-19(27)13-29-20/h2*5-7,9,11-12,14-15,18H,4,8,10,13H2,1-3H3,(H,30,34);6-7,10-11,13,17-18H,8-9,12H2,1-5H3,(H,28,31). The molecule has 109 heavy (non-hydrogen) atoms. The van der Waals surface area contributed by atoms with Crippen molar-refractivity contribution >= 4 is 131 Å². The first kappa shape index (κ1) is 83.0. The first-order chi connectivity index (χ1) is 52.2. The summed E-state index contributed by atoms with van der Waals surface area (Å²) < 4.78 is 31.2. The number of carbonyl (C=O) groups excluding carboxylic acids is 9. The molecule has 5 aromatic heterocycles. The summed E-state index contributed by atoms with van der Waals surface area (Å²) in [7, 11) is 1.21. The van der Waals surface area contributed by atoms with E-state index in [9.17, 15) is 43.2 Å². The van der Waals surface area contributed by atoms with Crippen LogP contribution in [0.2, 0.25) is 10.0 Å².